The molecule has 18 heavy (non-hydrogen) atoms. The molecule has 2 amide bonds. The van der Waals surface area contributed by atoms with Gasteiger partial charge >= 0.3 is 6.03 Å². The molecule has 0 spiro atoms. The van der Waals surface area contributed by atoms with Gasteiger partial charge in [0.15, 0.2) is 0 Å². The predicted octanol–water partition coefficient (Wildman–Crippen LogP) is 2.46. The quantitative estimate of drug-likeness (QED) is 0.841. The Morgan fingerprint density at radius 2 is 2.17 bits per heavy atom. The van der Waals surface area contributed by atoms with Crippen LogP contribution in [-0.4, -0.2) is 19.7 Å². The van der Waals surface area contributed by atoms with E-state index in [2.05, 4.69) is 10.6 Å². The highest BCUT2D eigenvalue weighted by atomic mass is 16.5. The SMILES string of the molecule is COc1cccc(CCNC(=O)NC=C(C)C)c1. The van der Waals surface area contributed by atoms with E-state index in [0.717, 1.165) is 23.3 Å². The minimum absolute atomic E-state index is 0.181. The van der Waals surface area contributed by atoms with Crippen molar-refractivity contribution in [2.75, 3.05) is 13.7 Å². The molecule has 0 aliphatic carbocycles. The smallest absolute Gasteiger partial charge is 0.318 e. The fourth-order valence-electron chi connectivity index (χ4n) is 1.41. The Kier molecular flexibility index (Phi) is 5.77. The van der Waals surface area contributed by atoms with Gasteiger partial charge in [-0.3, -0.25) is 0 Å². The number of carbonyl (C=O) groups excluding carboxylic acids is 1. The van der Waals surface area contributed by atoms with Crippen LogP contribution in [0.1, 0.15) is 19.4 Å². The standard InChI is InChI=1S/C14H20N2O2/c1-11(2)10-16-14(17)15-8-7-12-5-4-6-13(9-12)18-3/h4-6,9-10H,7-8H2,1-3H3,(H2,15,16,17). The highest BCUT2D eigenvalue weighted by molar-refractivity contribution is 5.74. The monoisotopic (exact) mass is 248 g/mol. The molecule has 98 valence electrons. The van der Waals surface area contributed by atoms with Crippen LogP contribution >= 0.6 is 0 Å². The molecule has 4 heteroatoms. The lowest BCUT2D eigenvalue weighted by molar-refractivity contribution is 0.244. The number of rotatable bonds is 5. The topological polar surface area (TPSA) is 50.4 Å². The van der Waals surface area contributed by atoms with Crippen molar-refractivity contribution < 1.29 is 9.53 Å². The summed E-state index contributed by atoms with van der Waals surface area (Å²) in [4.78, 5) is 11.4. The average Bonchev–Trinajstić information content (AvgIpc) is 2.36. The Morgan fingerprint density at radius 1 is 1.39 bits per heavy atom. The number of carbonyl (C=O) groups is 1. The van der Waals surface area contributed by atoms with Gasteiger partial charge in [0.05, 0.1) is 7.11 Å². The van der Waals surface area contributed by atoms with E-state index in [4.69, 9.17) is 4.74 Å². The molecule has 0 saturated carbocycles. The zero-order valence-electron chi connectivity index (χ0n) is 11.1. The molecule has 2 N–H and O–H groups in total. The van der Waals surface area contributed by atoms with Crippen LogP contribution in [0.25, 0.3) is 0 Å². The molecular weight excluding hydrogens is 228 g/mol. The third-order valence-corrected chi connectivity index (χ3v) is 2.33. The van der Waals surface area contributed by atoms with Gasteiger partial charge in [0, 0.05) is 12.7 Å². The lowest BCUT2D eigenvalue weighted by Gasteiger charge is -2.06. The first-order chi connectivity index (χ1) is 8.61. The molecule has 0 heterocycles. The zero-order valence-corrected chi connectivity index (χ0v) is 11.1. The van der Waals surface area contributed by atoms with Crippen LogP contribution < -0.4 is 15.4 Å². The molecule has 0 unspecified atom stereocenters. The van der Waals surface area contributed by atoms with Gasteiger partial charge in [-0.05, 0) is 38.0 Å². The van der Waals surface area contributed by atoms with E-state index < -0.39 is 0 Å². The number of amides is 2. The molecule has 0 radical (unpaired) electrons. The number of hydrogen-bond donors (Lipinski definition) is 2. The lowest BCUT2D eigenvalue weighted by atomic mass is 10.1. The van der Waals surface area contributed by atoms with E-state index in [1.54, 1.807) is 13.3 Å². The van der Waals surface area contributed by atoms with Crippen LogP contribution in [0.2, 0.25) is 0 Å². The highest BCUT2D eigenvalue weighted by Gasteiger charge is 1.99. The molecular formula is C14H20N2O2. The number of methoxy groups -OCH3 is 1. The fraction of sp³-hybridized carbons (Fsp3) is 0.357. The maximum Gasteiger partial charge on any atom is 0.318 e. The third-order valence-electron chi connectivity index (χ3n) is 2.33. The van der Waals surface area contributed by atoms with Crippen molar-refractivity contribution in [2.24, 2.45) is 0 Å². The third kappa shape index (κ3) is 5.39. The van der Waals surface area contributed by atoms with Gasteiger partial charge in [-0.2, -0.15) is 0 Å². The zero-order chi connectivity index (χ0) is 13.4. The summed E-state index contributed by atoms with van der Waals surface area (Å²) in [6.45, 7) is 4.45. The predicted molar refractivity (Wildman–Crippen MR) is 72.7 cm³/mol. The second-order valence-corrected chi connectivity index (χ2v) is 4.22. The summed E-state index contributed by atoms with van der Waals surface area (Å²) in [5.41, 5.74) is 2.19. The van der Waals surface area contributed by atoms with E-state index in [1.807, 2.05) is 38.1 Å². The van der Waals surface area contributed by atoms with Crippen LogP contribution in [0.4, 0.5) is 4.79 Å². The minimum atomic E-state index is -0.181. The Morgan fingerprint density at radius 3 is 2.83 bits per heavy atom. The number of ether oxygens (including phenoxy) is 1. The summed E-state index contributed by atoms with van der Waals surface area (Å²) < 4.78 is 5.14. The molecule has 1 aromatic rings. The average molecular weight is 248 g/mol. The van der Waals surface area contributed by atoms with Crippen molar-refractivity contribution in [3.8, 4) is 5.75 Å². The first-order valence-corrected chi connectivity index (χ1v) is 5.92. The van der Waals surface area contributed by atoms with Gasteiger partial charge in [-0.25, -0.2) is 4.79 Å². The largest absolute Gasteiger partial charge is 0.497 e. The second-order valence-electron chi connectivity index (χ2n) is 4.22. The van der Waals surface area contributed by atoms with Crippen molar-refractivity contribution in [3.63, 3.8) is 0 Å². The molecule has 0 saturated heterocycles. The molecule has 0 bridgehead atoms. The minimum Gasteiger partial charge on any atom is -0.497 e. The molecule has 4 nitrogen and oxygen atoms in total. The maximum absolute atomic E-state index is 11.4. The van der Waals surface area contributed by atoms with Crippen molar-refractivity contribution >= 4 is 6.03 Å². The Balaban J connectivity index is 2.32. The van der Waals surface area contributed by atoms with Crippen molar-refractivity contribution in [1.29, 1.82) is 0 Å². The van der Waals surface area contributed by atoms with Gasteiger partial charge < -0.3 is 15.4 Å². The number of nitrogens with one attached hydrogen (secondary N) is 2. The van der Waals surface area contributed by atoms with E-state index in [0.29, 0.717) is 6.54 Å². The van der Waals surface area contributed by atoms with Crippen LogP contribution in [0.5, 0.6) is 5.75 Å². The Bertz CT molecular complexity index is 424. The van der Waals surface area contributed by atoms with Crippen molar-refractivity contribution in [3.05, 3.63) is 41.6 Å². The van der Waals surface area contributed by atoms with Gasteiger partial charge in [0.25, 0.3) is 0 Å². The van der Waals surface area contributed by atoms with Crippen LogP contribution in [0.3, 0.4) is 0 Å². The van der Waals surface area contributed by atoms with Crippen LogP contribution in [0.15, 0.2) is 36.0 Å². The molecule has 0 aliphatic heterocycles. The first-order valence-electron chi connectivity index (χ1n) is 5.92. The lowest BCUT2D eigenvalue weighted by Crippen LogP contribution is -2.33. The number of allylic oxidation sites excluding steroid dienone is 1. The first kappa shape index (κ1) is 14.1. The van der Waals surface area contributed by atoms with Crippen molar-refractivity contribution in [1.82, 2.24) is 10.6 Å². The molecule has 1 rings (SSSR count). The summed E-state index contributed by atoms with van der Waals surface area (Å²) in [6, 6.07) is 7.64. The summed E-state index contributed by atoms with van der Waals surface area (Å²) in [5.74, 6) is 0.835. The summed E-state index contributed by atoms with van der Waals surface area (Å²) in [5, 5.41) is 5.44. The number of urea groups is 1. The molecule has 0 fully saturated rings. The number of hydrogen-bond acceptors (Lipinski definition) is 2. The Hall–Kier alpha value is -1.97. The second kappa shape index (κ2) is 7.37. The summed E-state index contributed by atoms with van der Waals surface area (Å²) in [6.07, 6.45) is 2.46. The van der Waals surface area contributed by atoms with Gasteiger partial charge in [-0.1, -0.05) is 17.7 Å². The van der Waals surface area contributed by atoms with E-state index in [-0.39, 0.29) is 6.03 Å². The van der Waals surface area contributed by atoms with Gasteiger partial charge in [0.1, 0.15) is 5.75 Å². The maximum atomic E-state index is 11.4. The van der Waals surface area contributed by atoms with E-state index >= 15 is 0 Å². The van der Waals surface area contributed by atoms with Gasteiger partial charge in [0.2, 0.25) is 0 Å². The number of benzene rings is 1. The fourth-order valence-corrected chi connectivity index (χ4v) is 1.41. The molecule has 0 aromatic heterocycles. The highest BCUT2D eigenvalue weighted by Crippen LogP contribution is 2.12. The van der Waals surface area contributed by atoms with Gasteiger partial charge in [-0.15, -0.1) is 0 Å². The molecule has 0 aliphatic rings. The van der Waals surface area contributed by atoms with Crippen LogP contribution in [0, 0.1) is 0 Å². The molecule has 1 aromatic carbocycles. The molecule has 0 atom stereocenters. The van der Waals surface area contributed by atoms with E-state index in [1.165, 1.54) is 0 Å². The summed E-state index contributed by atoms with van der Waals surface area (Å²) in [7, 11) is 1.64. The normalized spacial score (nSPS) is 9.50. The van der Waals surface area contributed by atoms with Crippen molar-refractivity contribution in [2.45, 2.75) is 20.3 Å². The Labute approximate surface area is 108 Å². The summed E-state index contributed by atoms with van der Waals surface area (Å²) >= 11 is 0. The van der Waals surface area contributed by atoms with Crippen LogP contribution in [-0.2, 0) is 6.42 Å². The van der Waals surface area contributed by atoms with E-state index in [9.17, 15) is 4.79 Å².